The highest BCUT2D eigenvalue weighted by Crippen LogP contribution is 2.45. The molecule has 4 atom stereocenters. The number of allylic oxidation sites excluding steroid dienone is 5. The molecule has 2 aliphatic heterocycles. The molecular formula is C19H23ClN2. The van der Waals surface area contributed by atoms with Gasteiger partial charge in [0.1, 0.15) is 0 Å². The molecule has 2 nitrogen and oxygen atoms in total. The highest BCUT2D eigenvalue weighted by molar-refractivity contribution is 6.31. The van der Waals surface area contributed by atoms with Crippen LogP contribution in [-0.4, -0.2) is 25.3 Å². The maximum Gasteiger partial charge on any atom is 0.0780 e. The molecule has 0 aromatic carbocycles. The first-order chi connectivity index (χ1) is 10.8. The number of piperidine rings is 1. The third-order valence-corrected chi connectivity index (χ3v) is 5.77. The van der Waals surface area contributed by atoms with Crippen LogP contribution in [0.1, 0.15) is 25.7 Å². The van der Waals surface area contributed by atoms with Crippen molar-refractivity contribution in [3.05, 3.63) is 46.6 Å². The summed E-state index contributed by atoms with van der Waals surface area (Å²) in [5.41, 5.74) is 3.25. The van der Waals surface area contributed by atoms with E-state index < -0.39 is 0 Å². The molecule has 1 saturated heterocycles. The predicted octanol–water partition coefficient (Wildman–Crippen LogP) is 4.01. The minimum Gasteiger partial charge on any atom is -0.316 e. The largest absolute Gasteiger partial charge is 0.316 e. The SMILES string of the molecule is ClC1=CC2CCC3C=CC=NC3C(=C3CCNCC3)C2C=C1. The van der Waals surface area contributed by atoms with Crippen LogP contribution in [0.15, 0.2) is 51.6 Å². The molecule has 0 amide bonds. The van der Waals surface area contributed by atoms with Crippen molar-refractivity contribution in [3.63, 3.8) is 0 Å². The molecule has 2 fully saturated rings. The Bertz CT molecular complexity index is 589. The van der Waals surface area contributed by atoms with Crippen LogP contribution in [0.2, 0.25) is 0 Å². The molecule has 0 aromatic rings. The maximum atomic E-state index is 6.28. The fourth-order valence-corrected chi connectivity index (χ4v) is 4.69. The van der Waals surface area contributed by atoms with Gasteiger partial charge in [0.05, 0.1) is 6.04 Å². The first-order valence-corrected chi connectivity index (χ1v) is 8.89. The summed E-state index contributed by atoms with van der Waals surface area (Å²) in [5, 5.41) is 4.39. The highest BCUT2D eigenvalue weighted by atomic mass is 35.5. The molecule has 0 spiro atoms. The number of nitrogens with one attached hydrogen (secondary N) is 1. The Labute approximate surface area is 137 Å². The molecule has 4 aliphatic rings. The zero-order chi connectivity index (χ0) is 14.9. The van der Waals surface area contributed by atoms with E-state index in [1.165, 1.54) is 25.7 Å². The van der Waals surface area contributed by atoms with Gasteiger partial charge in [0.15, 0.2) is 0 Å². The van der Waals surface area contributed by atoms with Gasteiger partial charge < -0.3 is 5.32 Å². The lowest BCUT2D eigenvalue weighted by molar-refractivity contribution is 0.480. The zero-order valence-corrected chi connectivity index (χ0v) is 13.6. The van der Waals surface area contributed by atoms with Crippen molar-refractivity contribution in [3.8, 4) is 0 Å². The topological polar surface area (TPSA) is 24.4 Å². The Morgan fingerprint density at radius 1 is 1.09 bits per heavy atom. The summed E-state index contributed by atoms with van der Waals surface area (Å²) in [7, 11) is 0. The summed E-state index contributed by atoms with van der Waals surface area (Å²) >= 11 is 6.28. The first-order valence-electron chi connectivity index (χ1n) is 8.51. The fraction of sp³-hybridized carbons (Fsp3) is 0.526. The summed E-state index contributed by atoms with van der Waals surface area (Å²) in [6.45, 7) is 2.21. The van der Waals surface area contributed by atoms with E-state index in [1.807, 2.05) is 6.21 Å². The minimum absolute atomic E-state index is 0.350. The van der Waals surface area contributed by atoms with Crippen LogP contribution in [0.3, 0.4) is 0 Å². The Morgan fingerprint density at radius 3 is 2.77 bits per heavy atom. The third-order valence-electron chi connectivity index (χ3n) is 5.52. The molecule has 4 unspecified atom stereocenters. The van der Waals surface area contributed by atoms with Gasteiger partial charge in [-0.2, -0.15) is 0 Å². The van der Waals surface area contributed by atoms with Crippen molar-refractivity contribution in [2.45, 2.75) is 31.7 Å². The number of hydrogen-bond donors (Lipinski definition) is 1. The van der Waals surface area contributed by atoms with Crippen molar-refractivity contribution < 1.29 is 0 Å². The van der Waals surface area contributed by atoms with Gasteiger partial charge in [0, 0.05) is 23.1 Å². The number of dihydropyridines is 1. The van der Waals surface area contributed by atoms with Gasteiger partial charge >= 0.3 is 0 Å². The quantitative estimate of drug-likeness (QED) is 0.671. The normalized spacial score (nSPS) is 37.4. The summed E-state index contributed by atoms with van der Waals surface area (Å²) in [6.07, 6.45) is 18.0. The second-order valence-electron chi connectivity index (χ2n) is 6.78. The maximum absolute atomic E-state index is 6.28. The number of hydrogen-bond acceptors (Lipinski definition) is 2. The smallest absolute Gasteiger partial charge is 0.0780 e. The Morgan fingerprint density at radius 2 is 1.91 bits per heavy atom. The number of fused-ring (bicyclic) bond motifs is 2. The molecule has 3 heteroatoms. The van der Waals surface area contributed by atoms with Gasteiger partial charge in [-0.1, -0.05) is 35.4 Å². The van der Waals surface area contributed by atoms with Gasteiger partial charge in [0.25, 0.3) is 0 Å². The van der Waals surface area contributed by atoms with Gasteiger partial charge in [-0.3, -0.25) is 4.99 Å². The molecule has 0 aromatic heterocycles. The van der Waals surface area contributed by atoms with Crippen LogP contribution < -0.4 is 5.32 Å². The average molecular weight is 315 g/mol. The number of aliphatic imine (C=N–C) groups is 1. The molecule has 0 bridgehead atoms. The van der Waals surface area contributed by atoms with Crippen LogP contribution in [0, 0.1) is 17.8 Å². The zero-order valence-electron chi connectivity index (χ0n) is 12.8. The number of nitrogens with zero attached hydrogens (tertiary/aromatic N) is 1. The van der Waals surface area contributed by atoms with E-state index in [1.54, 1.807) is 11.1 Å². The summed E-state index contributed by atoms with van der Waals surface area (Å²) < 4.78 is 0. The van der Waals surface area contributed by atoms with Crippen molar-refractivity contribution in [2.75, 3.05) is 13.1 Å². The lowest BCUT2D eigenvalue weighted by Gasteiger charge is -2.33. The van der Waals surface area contributed by atoms with E-state index in [2.05, 4.69) is 35.7 Å². The molecule has 4 rings (SSSR count). The molecule has 2 heterocycles. The fourth-order valence-electron chi connectivity index (χ4n) is 4.46. The highest BCUT2D eigenvalue weighted by Gasteiger charge is 2.38. The van der Waals surface area contributed by atoms with E-state index in [4.69, 9.17) is 16.6 Å². The minimum atomic E-state index is 0.350. The molecule has 1 saturated carbocycles. The monoisotopic (exact) mass is 314 g/mol. The summed E-state index contributed by atoms with van der Waals surface area (Å²) in [5.74, 6) is 1.60. The van der Waals surface area contributed by atoms with Crippen molar-refractivity contribution in [2.24, 2.45) is 22.7 Å². The molecule has 1 N–H and O–H groups in total. The Hall–Kier alpha value is -1.12. The van der Waals surface area contributed by atoms with E-state index in [0.717, 1.165) is 18.1 Å². The van der Waals surface area contributed by atoms with Crippen LogP contribution in [-0.2, 0) is 0 Å². The molecule has 22 heavy (non-hydrogen) atoms. The van der Waals surface area contributed by atoms with Gasteiger partial charge in [-0.25, -0.2) is 0 Å². The van der Waals surface area contributed by atoms with Crippen molar-refractivity contribution in [1.29, 1.82) is 0 Å². The van der Waals surface area contributed by atoms with E-state index in [0.29, 0.717) is 23.8 Å². The molecular weight excluding hydrogens is 292 g/mol. The summed E-state index contributed by atoms with van der Waals surface area (Å²) in [6, 6.07) is 0.350. The molecule has 0 radical (unpaired) electrons. The second kappa shape index (κ2) is 6.17. The Kier molecular flexibility index (Phi) is 4.06. The average Bonchev–Trinajstić information content (AvgIpc) is 2.72. The van der Waals surface area contributed by atoms with Crippen molar-refractivity contribution >= 4 is 17.8 Å². The van der Waals surface area contributed by atoms with Crippen LogP contribution >= 0.6 is 11.6 Å². The van der Waals surface area contributed by atoms with Gasteiger partial charge in [0.2, 0.25) is 0 Å². The standard InChI is InChI=1S/C19H23ClN2/c20-16-5-6-17-15(12-16)4-3-14-2-1-9-22-19(14)18(17)13-7-10-21-11-8-13/h1-2,5-6,9,12,14-15,17,19,21H,3-4,7-8,10-11H2. The third kappa shape index (κ3) is 2.63. The van der Waals surface area contributed by atoms with Crippen LogP contribution in [0.4, 0.5) is 0 Å². The first kappa shape index (κ1) is 14.5. The van der Waals surface area contributed by atoms with Gasteiger partial charge in [-0.15, -0.1) is 0 Å². The number of rotatable bonds is 0. The van der Waals surface area contributed by atoms with Crippen LogP contribution in [0.5, 0.6) is 0 Å². The van der Waals surface area contributed by atoms with Crippen LogP contribution in [0.25, 0.3) is 0 Å². The van der Waals surface area contributed by atoms with E-state index >= 15 is 0 Å². The number of halogens is 1. The van der Waals surface area contributed by atoms with E-state index in [-0.39, 0.29) is 0 Å². The summed E-state index contributed by atoms with van der Waals surface area (Å²) in [4.78, 5) is 4.90. The molecule has 116 valence electrons. The van der Waals surface area contributed by atoms with Crippen molar-refractivity contribution in [1.82, 2.24) is 5.32 Å². The van der Waals surface area contributed by atoms with Gasteiger partial charge in [-0.05, 0) is 62.4 Å². The lowest BCUT2D eigenvalue weighted by Crippen LogP contribution is -2.30. The predicted molar refractivity (Wildman–Crippen MR) is 93.3 cm³/mol. The second-order valence-corrected chi connectivity index (χ2v) is 7.21. The van der Waals surface area contributed by atoms with E-state index in [9.17, 15) is 0 Å². The molecule has 2 aliphatic carbocycles. The Balaban J connectivity index is 1.79. The lowest BCUT2D eigenvalue weighted by atomic mass is 9.76.